The third kappa shape index (κ3) is 6.89. The molecule has 1 radical (unpaired) electrons. The van der Waals surface area contributed by atoms with Gasteiger partial charge in [-0.25, -0.2) is 4.79 Å². The Labute approximate surface area is 168 Å². The molecule has 0 spiro atoms. The van der Waals surface area contributed by atoms with Gasteiger partial charge in [-0.2, -0.15) is 4.89 Å². The van der Waals surface area contributed by atoms with Crippen LogP contribution < -0.4 is 14.2 Å². The monoisotopic (exact) mass is 393 g/mol. The first-order valence-corrected chi connectivity index (χ1v) is 10.2. The van der Waals surface area contributed by atoms with Crippen LogP contribution in [0.1, 0.15) is 81.0 Å². The number of hydrogen-bond donors (Lipinski definition) is 0. The highest BCUT2D eigenvalue weighted by Crippen LogP contribution is 2.35. The zero-order chi connectivity index (χ0) is 20.2. The Hall–Kier alpha value is -1.95. The molecule has 2 rings (SSSR count). The van der Waals surface area contributed by atoms with Crippen LogP contribution in [0, 0.1) is 6.10 Å². The summed E-state index contributed by atoms with van der Waals surface area (Å²) in [4.78, 5) is 23.2. The third-order valence-electron chi connectivity index (χ3n) is 5.07. The summed E-state index contributed by atoms with van der Waals surface area (Å²) in [5.41, 5.74) is 0.230. The Morgan fingerprint density at radius 3 is 1.64 bits per heavy atom. The second kappa shape index (κ2) is 12.5. The minimum absolute atomic E-state index is 0.230. The van der Waals surface area contributed by atoms with Gasteiger partial charge < -0.3 is 14.2 Å². The van der Waals surface area contributed by atoms with E-state index >= 15 is 0 Å². The van der Waals surface area contributed by atoms with E-state index in [4.69, 9.17) is 24.0 Å². The van der Waals surface area contributed by atoms with E-state index in [1.807, 2.05) is 0 Å². The molecule has 1 fully saturated rings. The summed E-state index contributed by atoms with van der Waals surface area (Å²) in [5.74, 6) is 0.630. The van der Waals surface area contributed by atoms with Gasteiger partial charge >= 0.3 is 5.97 Å². The summed E-state index contributed by atoms with van der Waals surface area (Å²) in [6.07, 6.45) is 13.5. The van der Waals surface area contributed by atoms with Gasteiger partial charge in [-0.15, -0.1) is 0 Å². The Kier molecular flexibility index (Phi) is 9.97. The van der Waals surface area contributed by atoms with Crippen LogP contribution in [0.5, 0.6) is 17.2 Å². The van der Waals surface area contributed by atoms with Crippen molar-refractivity contribution in [3.8, 4) is 17.2 Å². The summed E-state index contributed by atoms with van der Waals surface area (Å²) in [5, 5.41) is 0. The fourth-order valence-corrected chi connectivity index (χ4v) is 3.42. The van der Waals surface area contributed by atoms with Gasteiger partial charge in [0.15, 0.2) is 11.5 Å². The molecule has 0 bridgehead atoms. The van der Waals surface area contributed by atoms with Crippen LogP contribution in [0.2, 0.25) is 0 Å². The minimum Gasteiger partial charge on any atom is -0.496 e. The van der Waals surface area contributed by atoms with Crippen LogP contribution in [0.25, 0.3) is 0 Å². The van der Waals surface area contributed by atoms with Crippen LogP contribution in [-0.2, 0) is 9.78 Å². The first kappa shape index (κ1) is 22.3. The average Bonchev–Trinajstić information content (AvgIpc) is 2.72. The standard InChI is InChI=1S/C22H33O6/c1-24-19-16-21(26-3)20(25-2)15-18(19)22(23)28-27-17-13-11-9-7-5-4-6-8-10-12-14-17/h15-16H,4-14H2,1-3H3. The van der Waals surface area contributed by atoms with Crippen LogP contribution in [-0.4, -0.2) is 27.3 Å². The van der Waals surface area contributed by atoms with Crippen molar-refractivity contribution in [1.29, 1.82) is 0 Å². The zero-order valence-electron chi connectivity index (χ0n) is 17.4. The van der Waals surface area contributed by atoms with Crippen LogP contribution in [0.15, 0.2) is 12.1 Å². The topological polar surface area (TPSA) is 63.2 Å². The Bertz CT molecular complexity index is 589. The molecule has 0 amide bonds. The predicted molar refractivity (Wildman–Crippen MR) is 107 cm³/mol. The summed E-state index contributed by atoms with van der Waals surface area (Å²) in [6.45, 7) is 0. The number of carbonyl (C=O) groups is 1. The molecule has 1 aliphatic carbocycles. The lowest BCUT2D eigenvalue weighted by Crippen LogP contribution is -2.12. The van der Waals surface area contributed by atoms with Crippen molar-refractivity contribution in [2.24, 2.45) is 0 Å². The van der Waals surface area contributed by atoms with Gasteiger partial charge in [0.05, 0.1) is 21.3 Å². The summed E-state index contributed by atoms with van der Waals surface area (Å²) in [7, 11) is 4.52. The zero-order valence-corrected chi connectivity index (χ0v) is 17.4. The van der Waals surface area contributed by atoms with E-state index in [1.54, 1.807) is 6.07 Å². The number of ether oxygens (including phenoxy) is 3. The van der Waals surface area contributed by atoms with E-state index in [0.717, 1.165) is 31.8 Å². The maximum absolute atomic E-state index is 12.6. The van der Waals surface area contributed by atoms with Gasteiger partial charge in [-0.1, -0.05) is 57.8 Å². The Balaban J connectivity index is 1.98. The third-order valence-corrected chi connectivity index (χ3v) is 5.07. The van der Waals surface area contributed by atoms with E-state index in [1.165, 1.54) is 72.3 Å². The van der Waals surface area contributed by atoms with Gasteiger partial charge in [0.1, 0.15) is 17.4 Å². The molecule has 28 heavy (non-hydrogen) atoms. The summed E-state index contributed by atoms with van der Waals surface area (Å²) < 4.78 is 15.8. The van der Waals surface area contributed by atoms with Crippen molar-refractivity contribution >= 4 is 5.97 Å². The maximum atomic E-state index is 12.6. The SMILES string of the molecule is COc1cc(OC)c(C(=O)OO[C]2CCCCCCCCCCC2)cc1OC. The van der Waals surface area contributed by atoms with Gasteiger partial charge in [0.2, 0.25) is 0 Å². The number of benzene rings is 1. The quantitative estimate of drug-likeness (QED) is 0.460. The first-order chi connectivity index (χ1) is 13.7. The van der Waals surface area contributed by atoms with Crippen molar-refractivity contribution in [3.05, 3.63) is 23.8 Å². The van der Waals surface area contributed by atoms with Gasteiger partial charge in [-0.05, 0) is 12.8 Å². The molecule has 0 heterocycles. The van der Waals surface area contributed by atoms with E-state index in [9.17, 15) is 4.79 Å². The van der Waals surface area contributed by atoms with E-state index in [-0.39, 0.29) is 5.56 Å². The normalized spacial score (nSPS) is 17.1. The van der Waals surface area contributed by atoms with Crippen molar-refractivity contribution in [2.75, 3.05) is 21.3 Å². The van der Waals surface area contributed by atoms with Gasteiger partial charge in [0.25, 0.3) is 0 Å². The number of carbonyl (C=O) groups excluding carboxylic acids is 1. The molecule has 0 aliphatic heterocycles. The van der Waals surface area contributed by atoms with E-state index < -0.39 is 5.97 Å². The fourth-order valence-electron chi connectivity index (χ4n) is 3.42. The molecule has 0 atom stereocenters. The van der Waals surface area contributed by atoms with Crippen molar-refractivity contribution < 1.29 is 28.8 Å². The molecule has 0 unspecified atom stereocenters. The molecular weight excluding hydrogens is 360 g/mol. The second-order valence-corrected chi connectivity index (χ2v) is 7.08. The van der Waals surface area contributed by atoms with Crippen molar-refractivity contribution in [3.63, 3.8) is 0 Å². The largest absolute Gasteiger partial charge is 0.496 e. The Morgan fingerprint density at radius 2 is 1.14 bits per heavy atom. The van der Waals surface area contributed by atoms with Gasteiger partial charge in [0, 0.05) is 12.1 Å². The van der Waals surface area contributed by atoms with Crippen LogP contribution >= 0.6 is 0 Å². The molecule has 1 aromatic carbocycles. The Morgan fingerprint density at radius 1 is 0.679 bits per heavy atom. The lowest BCUT2D eigenvalue weighted by atomic mass is 9.99. The average molecular weight is 394 g/mol. The molecular formula is C22H33O6. The fraction of sp³-hybridized carbons (Fsp3) is 0.636. The highest BCUT2D eigenvalue weighted by atomic mass is 17.2. The van der Waals surface area contributed by atoms with Crippen LogP contribution in [0.4, 0.5) is 0 Å². The lowest BCUT2D eigenvalue weighted by Gasteiger charge is -2.17. The smallest absolute Gasteiger partial charge is 0.376 e. The van der Waals surface area contributed by atoms with Crippen molar-refractivity contribution in [2.45, 2.75) is 70.6 Å². The first-order valence-electron chi connectivity index (χ1n) is 10.2. The minimum atomic E-state index is -0.614. The molecule has 0 aromatic heterocycles. The highest BCUT2D eigenvalue weighted by Gasteiger charge is 2.22. The molecule has 6 nitrogen and oxygen atoms in total. The molecule has 157 valence electrons. The van der Waals surface area contributed by atoms with Gasteiger partial charge in [-0.3, -0.25) is 4.89 Å². The number of hydrogen-bond acceptors (Lipinski definition) is 6. The predicted octanol–water partition coefficient (Wildman–Crippen LogP) is 5.64. The summed E-state index contributed by atoms with van der Waals surface area (Å²) in [6, 6.07) is 3.13. The molecule has 1 saturated carbocycles. The van der Waals surface area contributed by atoms with E-state index in [0.29, 0.717) is 17.2 Å². The maximum Gasteiger partial charge on any atom is 0.376 e. The molecule has 1 aromatic rings. The second-order valence-electron chi connectivity index (χ2n) is 7.08. The number of rotatable bonds is 6. The molecule has 0 saturated heterocycles. The lowest BCUT2D eigenvalue weighted by molar-refractivity contribution is -0.237. The molecule has 0 N–H and O–H groups in total. The highest BCUT2D eigenvalue weighted by molar-refractivity contribution is 5.93. The van der Waals surface area contributed by atoms with Crippen LogP contribution in [0.3, 0.4) is 0 Å². The van der Waals surface area contributed by atoms with Crippen molar-refractivity contribution in [1.82, 2.24) is 0 Å². The summed E-state index contributed by atoms with van der Waals surface area (Å²) >= 11 is 0. The van der Waals surface area contributed by atoms with E-state index in [2.05, 4.69) is 0 Å². The number of methoxy groups -OCH3 is 3. The molecule has 6 heteroatoms. The molecule has 1 aliphatic rings.